The molecular formula is C17H16ClN3O4S. The summed E-state index contributed by atoms with van der Waals surface area (Å²) in [6.07, 6.45) is 0. The van der Waals surface area contributed by atoms with Crippen LogP contribution in [0.15, 0.2) is 51.9 Å². The molecule has 0 radical (unpaired) electrons. The monoisotopic (exact) mass is 393 g/mol. The van der Waals surface area contributed by atoms with Crippen LogP contribution >= 0.6 is 11.6 Å². The fourth-order valence-electron chi connectivity index (χ4n) is 2.19. The van der Waals surface area contributed by atoms with Gasteiger partial charge >= 0.3 is 0 Å². The number of ether oxygens (including phenoxy) is 1. The highest BCUT2D eigenvalue weighted by Gasteiger charge is 2.17. The van der Waals surface area contributed by atoms with Gasteiger partial charge in [0, 0.05) is 10.6 Å². The lowest BCUT2D eigenvalue weighted by molar-refractivity contribution is 0.376. The molecule has 0 aliphatic rings. The zero-order valence-corrected chi connectivity index (χ0v) is 15.6. The minimum Gasteiger partial charge on any atom is -0.497 e. The molecule has 0 bridgehead atoms. The molecule has 1 aromatic heterocycles. The quantitative estimate of drug-likeness (QED) is 0.691. The average Bonchev–Trinajstić information content (AvgIpc) is 3.11. The first kappa shape index (κ1) is 18.4. The highest BCUT2D eigenvalue weighted by molar-refractivity contribution is 7.89. The topological polar surface area (TPSA) is 94.3 Å². The molecule has 0 fully saturated rings. The van der Waals surface area contributed by atoms with Gasteiger partial charge in [0.05, 0.1) is 18.6 Å². The molecule has 0 saturated heterocycles. The number of halogens is 1. The summed E-state index contributed by atoms with van der Waals surface area (Å²) in [6.45, 7) is 1.66. The molecule has 0 atom stereocenters. The number of hydrogen-bond donors (Lipinski definition) is 1. The van der Waals surface area contributed by atoms with Gasteiger partial charge in [-0.15, -0.1) is 0 Å². The zero-order valence-electron chi connectivity index (χ0n) is 14.1. The second-order valence-corrected chi connectivity index (χ2v) is 7.65. The van der Waals surface area contributed by atoms with Crippen molar-refractivity contribution in [3.8, 4) is 17.1 Å². The van der Waals surface area contributed by atoms with Crippen LogP contribution in [0.1, 0.15) is 11.5 Å². The van der Waals surface area contributed by atoms with E-state index in [1.807, 2.05) is 0 Å². The molecule has 136 valence electrons. The summed E-state index contributed by atoms with van der Waals surface area (Å²) < 4.78 is 37.4. The molecule has 0 unspecified atom stereocenters. The molecule has 0 aliphatic heterocycles. The first-order valence-corrected chi connectivity index (χ1v) is 9.48. The smallest absolute Gasteiger partial charge is 0.242 e. The van der Waals surface area contributed by atoms with Gasteiger partial charge in [0.25, 0.3) is 0 Å². The van der Waals surface area contributed by atoms with Gasteiger partial charge in [-0.25, -0.2) is 13.1 Å². The van der Waals surface area contributed by atoms with Gasteiger partial charge in [-0.1, -0.05) is 35.0 Å². The minimum absolute atomic E-state index is 0.0700. The van der Waals surface area contributed by atoms with E-state index < -0.39 is 10.0 Å². The molecule has 0 amide bonds. The van der Waals surface area contributed by atoms with Crippen LogP contribution in [0.3, 0.4) is 0 Å². The van der Waals surface area contributed by atoms with E-state index in [9.17, 15) is 8.42 Å². The summed E-state index contributed by atoms with van der Waals surface area (Å²) in [5, 5.41) is 4.24. The maximum absolute atomic E-state index is 12.4. The lowest BCUT2D eigenvalue weighted by Gasteiger charge is -2.06. The third-order valence-electron chi connectivity index (χ3n) is 3.66. The summed E-state index contributed by atoms with van der Waals surface area (Å²) in [4.78, 5) is 4.27. The van der Waals surface area contributed by atoms with Crippen molar-refractivity contribution in [1.82, 2.24) is 14.9 Å². The molecule has 9 heteroatoms. The Bertz CT molecular complexity index is 1030. The van der Waals surface area contributed by atoms with Gasteiger partial charge in [-0.3, -0.25) is 0 Å². The number of hydrogen-bond acceptors (Lipinski definition) is 6. The second kappa shape index (κ2) is 7.45. The van der Waals surface area contributed by atoms with Crippen LogP contribution in [0.4, 0.5) is 0 Å². The third kappa shape index (κ3) is 4.04. The van der Waals surface area contributed by atoms with Crippen LogP contribution < -0.4 is 9.46 Å². The first-order chi connectivity index (χ1) is 12.4. The molecule has 3 rings (SSSR count). The molecule has 2 aromatic carbocycles. The molecule has 3 aromatic rings. The lowest BCUT2D eigenvalue weighted by atomic mass is 10.2. The number of nitrogens with one attached hydrogen (secondary N) is 1. The van der Waals surface area contributed by atoms with Crippen molar-refractivity contribution in [1.29, 1.82) is 0 Å². The molecule has 1 N–H and O–H groups in total. The predicted molar refractivity (Wildman–Crippen MR) is 96.5 cm³/mol. The standard InChI is InChI=1S/C17H16ClN3O4S/c1-11-6-7-14(9-15(11)18)26(22,23)19-10-16-20-17(21-25-16)12-4-3-5-13(8-12)24-2/h3-9,19H,10H2,1-2H3. The van der Waals surface area contributed by atoms with Crippen LogP contribution in [-0.4, -0.2) is 25.7 Å². The summed E-state index contributed by atoms with van der Waals surface area (Å²) >= 11 is 5.99. The fourth-order valence-corrected chi connectivity index (χ4v) is 3.43. The van der Waals surface area contributed by atoms with Gasteiger partial charge < -0.3 is 9.26 Å². The molecular weight excluding hydrogens is 378 g/mol. The predicted octanol–water partition coefficient (Wildman–Crippen LogP) is 3.19. The van der Waals surface area contributed by atoms with E-state index >= 15 is 0 Å². The number of nitrogens with zero attached hydrogens (tertiary/aromatic N) is 2. The molecule has 26 heavy (non-hydrogen) atoms. The van der Waals surface area contributed by atoms with E-state index in [1.54, 1.807) is 44.4 Å². The average molecular weight is 394 g/mol. The molecule has 0 spiro atoms. The molecule has 7 nitrogen and oxygen atoms in total. The number of methoxy groups -OCH3 is 1. The number of sulfonamides is 1. The Balaban J connectivity index is 1.74. The Morgan fingerprint density at radius 3 is 2.77 bits per heavy atom. The molecule has 0 aliphatic carbocycles. The maximum Gasteiger partial charge on any atom is 0.242 e. The minimum atomic E-state index is -3.75. The Labute approximate surface area is 156 Å². The fraction of sp³-hybridized carbons (Fsp3) is 0.176. The highest BCUT2D eigenvalue weighted by atomic mass is 35.5. The number of aryl methyl sites for hydroxylation is 1. The van der Waals surface area contributed by atoms with Crippen LogP contribution in [0.5, 0.6) is 5.75 Å². The Morgan fingerprint density at radius 2 is 2.04 bits per heavy atom. The summed E-state index contributed by atoms with van der Waals surface area (Å²) in [7, 11) is -2.18. The third-order valence-corrected chi connectivity index (χ3v) is 5.47. The lowest BCUT2D eigenvalue weighted by Crippen LogP contribution is -2.23. The van der Waals surface area contributed by atoms with Crippen molar-refractivity contribution in [2.45, 2.75) is 18.4 Å². The summed E-state index contributed by atoms with van der Waals surface area (Å²) in [6, 6.07) is 11.7. The van der Waals surface area contributed by atoms with Crippen molar-refractivity contribution in [2.75, 3.05) is 7.11 Å². The van der Waals surface area contributed by atoms with E-state index in [-0.39, 0.29) is 17.3 Å². The van der Waals surface area contributed by atoms with Gasteiger partial charge in [-0.2, -0.15) is 4.98 Å². The molecule has 0 saturated carbocycles. The Morgan fingerprint density at radius 1 is 1.23 bits per heavy atom. The number of benzene rings is 2. The first-order valence-electron chi connectivity index (χ1n) is 7.62. The normalized spacial score (nSPS) is 11.5. The van der Waals surface area contributed by atoms with Crippen LogP contribution in [0.25, 0.3) is 11.4 Å². The van der Waals surface area contributed by atoms with Crippen molar-refractivity contribution < 1.29 is 17.7 Å². The van der Waals surface area contributed by atoms with Gasteiger partial charge in [0.2, 0.25) is 21.7 Å². The van der Waals surface area contributed by atoms with Crippen molar-refractivity contribution in [2.24, 2.45) is 0 Å². The Hall–Kier alpha value is -2.42. The number of rotatable bonds is 6. The SMILES string of the molecule is COc1cccc(-c2noc(CNS(=O)(=O)c3ccc(C)c(Cl)c3)n2)c1. The maximum atomic E-state index is 12.4. The largest absolute Gasteiger partial charge is 0.497 e. The van der Waals surface area contributed by atoms with E-state index in [4.69, 9.17) is 20.9 Å². The second-order valence-electron chi connectivity index (χ2n) is 5.48. The Kier molecular flexibility index (Phi) is 5.26. The van der Waals surface area contributed by atoms with Crippen molar-refractivity contribution in [3.05, 3.63) is 58.9 Å². The van der Waals surface area contributed by atoms with Crippen LogP contribution in [-0.2, 0) is 16.6 Å². The highest BCUT2D eigenvalue weighted by Crippen LogP contribution is 2.22. The van der Waals surface area contributed by atoms with E-state index in [2.05, 4.69) is 14.9 Å². The van der Waals surface area contributed by atoms with E-state index in [1.165, 1.54) is 12.1 Å². The van der Waals surface area contributed by atoms with Crippen molar-refractivity contribution >= 4 is 21.6 Å². The van der Waals surface area contributed by atoms with Gasteiger partial charge in [0.1, 0.15) is 5.75 Å². The van der Waals surface area contributed by atoms with E-state index in [0.717, 1.165) is 5.56 Å². The van der Waals surface area contributed by atoms with Crippen LogP contribution in [0, 0.1) is 6.92 Å². The van der Waals surface area contributed by atoms with E-state index in [0.29, 0.717) is 22.2 Å². The zero-order chi connectivity index (χ0) is 18.7. The van der Waals surface area contributed by atoms with Crippen LogP contribution in [0.2, 0.25) is 5.02 Å². The summed E-state index contributed by atoms with van der Waals surface area (Å²) in [5.74, 6) is 1.15. The van der Waals surface area contributed by atoms with Crippen molar-refractivity contribution in [3.63, 3.8) is 0 Å². The summed E-state index contributed by atoms with van der Waals surface area (Å²) in [5.41, 5.74) is 1.50. The van der Waals surface area contributed by atoms with Gasteiger partial charge in [-0.05, 0) is 36.8 Å². The molecule has 1 heterocycles. The van der Waals surface area contributed by atoms with Gasteiger partial charge in [0.15, 0.2) is 0 Å². The number of aromatic nitrogens is 2.